The molecule has 0 amide bonds. The number of hydrogen-bond acceptors (Lipinski definition) is 3. The highest BCUT2D eigenvalue weighted by Crippen LogP contribution is 2.23. The van der Waals surface area contributed by atoms with Crippen LogP contribution in [0.4, 0.5) is 0 Å². The van der Waals surface area contributed by atoms with Crippen LogP contribution in [0.5, 0.6) is 0 Å². The van der Waals surface area contributed by atoms with E-state index in [4.69, 9.17) is 5.84 Å². The van der Waals surface area contributed by atoms with Crippen LogP contribution >= 0.6 is 0 Å². The lowest BCUT2D eigenvalue weighted by atomic mass is 9.95. The second kappa shape index (κ2) is 6.20. The second-order valence-corrected chi connectivity index (χ2v) is 5.31. The van der Waals surface area contributed by atoms with Gasteiger partial charge in [0.2, 0.25) is 0 Å². The molecule has 1 unspecified atom stereocenters. The average Bonchev–Trinajstić information content (AvgIpc) is 2.79. The first-order chi connectivity index (χ1) is 9.56. The molecule has 3 N–H and O–H groups in total. The van der Waals surface area contributed by atoms with Crippen molar-refractivity contribution in [1.29, 1.82) is 0 Å². The van der Waals surface area contributed by atoms with E-state index in [2.05, 4.69) is 55.6 Å². The molecule has 1 aromatic carbocycles. The van der Waals surface area contributed by atoms with Gasteiger partial charge in [0.25, 0.3) is 0 Å². The predicted octanol–water partition coefficient (Wildman–Crippen LogP) is 2.58. The third kappa shape index (κ3) is 2.92. The fraction of sp³-hybridized carbons (Fsp3) is 0.438. The van der Waals surface area contributed by atoms with Crippen LogP contribution in [0, 0.1) is 20.8 Å². The Bertz CT molecular complexity index is 586. The van der Waals surface area contributed by atoms with Crippen molar-refractivity contribution in [2.24, 2.45) is 5.84 Å². The quantitative estimate of drug-likeness (QED) is 0.650. The molecule has 0 fully saturated rings. The molecule has 2 aromatic rings. The molecule has 1 heterocycles. The standard InChI is InChI=1S/C16H24N4/c1-5-20-14(9-12(3)19-20)10-16(18-17)15-8-6-7-11(2)13(15)4/h6-9,16,18H,5,10,17H2,1-4H3. The molecule has 4 heteroatoms. The van der Waals surface area contributed by atoms with Crippen LogP contribution in [-0.2, 0) is 13.0 Å². The number of aryl methyl sites for hydroxylation is 3. The molecule has 1 atom stereocenters. The summed E-state index contributed by atoms with van der Waals surface area (Å²) in [6.07, 6.45) is 0.843. The van der Waals surface area contributed by atoms with Gasteiger partial charge in [-0.05, 0) is 50.5 Å². The zero-order chi connectivity index (χ0) is 14.7. The van der Waals surface area contributed by atoms with Crippen molar-refractivity contribution in [3.05, 3.63) is 52.3 Å². The van der Waals surface area contributed by atoms with Crippen LogP contribution in [0.15, 0.2) is 24.3 Å². The molecule has 20 heavy (non-hydrogen) atoms. The summed E-state index contributed by atoms with van der Waals surface area (Å²) in [6, 6.07) is 8.61. The van der Waals surface area contributed by atoms with Gasteiger partial charge < -0.3 is 0 Å². The normalized spacial score (nSPS) is 12.7. The number of aromatic nitrogens is 2. The van der Waals surface area contributed by atoms with Crippen molar-refractivity contribution in [1.82, 2.24) is 15.2 Å². The third-order valence-electron chi connectivity index (χ3n) is 3.92. The Hall–Kier alpha value is -1.65. The number of hydrazine groups is 1. The molecule has 0 saturated carbocycles. The molecule has 0 aliphatic heterocycles. The highest BCUT2D eigenvalue weighted by Gasteiger charge is 2.16. The Morgan fingerprint density at radius 3 is 2.70 bits per heavy atom. The van der Waals surface area contributed by atoms with E-state index in [-0.39, 0.29) is 6.04 Å². The van der Waals surface area contributed by atoms with Gasteiger partial charge in [0.15, 0.2) is 0 Å². The Balaban J connectivity index is 2.31. The van der Waals surface area contributed by atoms with Crippen molar-refractivity contribution < 1.29 is 0 Å². The summed E-state index contributed by atoms with van der Waals surface area (Å²) in [5.74, 6) is 5.79. The Morgan fingerprint density at radius 1 is 1.30 bits per heavy atom. The van der Waals surface area contributed by atoms with Gasteiger partial charge in [-0.15, -0.1) is 0 Å². The van der Waals surface area contributed by atoms with E-state index < -0.39 is 0 Å². The van der Waals surface area contributed by atoms with E-state index in [0.717, 1.165) is 18.7 Å². The van der Waals surface area contributed by atoms with Crippen molar-refractivity contribution in [2.45, 2.75) is 46.7 Å². The molecule has 0 aliphatic carbocycles. The van der Waals surface area contributed by atoms with Crippen LogP contribution in [0.3, 0.4) is 0 Å². The molecule has 108 valence electrons. The monoisotopic (exact) mass is 272 g/mol. The zero-order valence-corrected chi connectivity index (χ0v) is 12.8. The van der Waals surface area contributed by atoms with E-state index in [1.54, 1.807) is 0 Å². The Morgan fingerprint density at radius 2 is 2.05 bits per heavy atom. The number of benzene rings is 1. The van der Waals surface area contributed by atoms with Gasteiger partial charge in [-0.3, -0.25) is 16.0 Å². The Kier molecular flexibility index (Phi) is 4.57. The van der Waals surface area contributed by atoms with E-state index in [1.807, 2.05) is 11.6 Å². The summed E-state index contributed by atoms with van der Waals surface area (Å²) < 4.78 is 2.05. The average molecular weight is 272 g/mol. The molecule has 0 saturated heterocycles. The number of nitrogens with one attached hydrogen (secondary N) is 1. The summed E-state index contributed by atoms with van der Waals surface area (Å²) in [5.41, 5.74) is 9.08. The molecule has 0 spiro atoms. The van der Waals surface area contributed by atoms with Crippen molar-refractivity contribution in [3.8, 4) is 0 Å². The largest absolute Gasteiger partial charge is 0.271 e. The van der Waals surface area contributed by atoms with Crippen LogP contribution in [-0.4, -0.2) is 9.78 Å². The van der Waals surface area contributed by atoms with Crippen molar-refractivity contribution in [2.75, 3.05) is 0 Å². The minimum atomic E-state index is 0.108. The van der Waals surface area contributed by atoms with Crippen LogP contribution in [0.1, 0.15) is 41.0 Å². The summed E-state index contributed by atoms with van der Waals surface area (Å²) in [7, 11) is 0. The first-order valence-corrected chi connectivity index (χ1v) is 7.12. The molecule has 1 aromatic heterocycles. The molecule has 0 aliphatic rings. The molecular weight excluding hydrogens is 248 g/mol. The minimum Gasteiger partial charge on any atom is -0.271 e. The van der Waals surface area contributed by atoms with Gasteiger partial charge in [0.1, 0.15) is 0 Å². The summed E-state index contributed by atoms with van der Waals surface area (Å²) in [6.45, 7) is 9.30. The van der Waals surface area contributed by atoms with Gasteiger partial charge in [-0.25, -0.2) is 0 Å². The summed E-state index contributed by atoms with van der Waals surface area (Å²) in [4.78, 5) is 0. The zero-order valence-electron chi connectivity index (χ0n) is 12.8. The van der Waals surface area contributed by atoms with E-state index in [1.165, 1.54) is 22.4 Å². The highest BCUT2D eigenvalue weighted by atomic mass is 15.3. The molecule has 0 radical (unpaired) electrons. The first-order valence-electron chi connectivity index (χ1n) is 7.12. The van der Waals surface area contributed by atoms with Gasteiger partial charge in [-0.1, -0.05) is 18.2 Å². The van der Waals surface area contributed by atoms with Crippen LogP contribution in [0.25, 0.3) is 0 Å². The van der Waals surface area contributed by atoms with E-state index >= 15 is 0 Å². The maximum atomic E-state index is 5.79. The Labute approximate surface area is 121 Å². The topological polar surface area (TPSA) is 55.9 Å². The molecule has 0 bridgehead atoms. The van der Waals surface area contributed by atoms with E-state index in [9.17, 15) is 0 Å². The SMILES string of the molecule is CCn1nc(C)cc1CC(NN)c1cccc(C)c1C. The van der Waals surface area contributed by atoms with Crippen LogP contribution in [0.2, 0.25) is 0 Å². The maximum absolute atomic E-state index is 5.79. The van der Waals surface area contributed by atoms with Gasteiger partial charge in [0, 0.05) is 18.7 Å². The lowest BCUT2D eigenvalue weighted by Gasteiger charge is -2.20. The number of nitrogens with zero attached hydrogens (tertiary/aromatic N) is 2. The molecule has 2 rings (SSSR count). The minimum absolute atomic E-state index is 0.108. The maximum Gasteiger partial charge on any atom is 0.0596 e. The van der Waals surface area contributed by atoms with Crippen molar-refractivity contribution in [3.63, 3.8) is 0 Å². The number of rotatable bonds is 5. The summed E-state index contributed by atoms with van der Waals surface area (Å²) >= 11 is 0. The highest BCUT2D eigenvalue weighted by molar-refractivity contribution is 5.36. The fourth-order valence-electron chi connectivity index (χ4n) is 2.66. The summed E-state index contributed by atoms with van der Waals surface area (Å²) in [5, 5.41) is 4.50. The first kappa shape index (κ1) is 14.8. The lowest BCUT2D eigenvalue weighted by molar-refractivity contribution is 0.515. The van der Waals surface area contributed by atoms with Gasteiger partial charge >= 0.3 is 0 Å². The molecule has 4 nitrogen and oxygen atoms in total. The smallest absolute Gasteiger partial charge is 0.0596 e. The lowest BCUT2D eigenvalue weighted by Crippen LogP contribution is -2.30. The third-order valence-corrected chi connectivity index (χ3v) is 3.92. The number of hydrogen-bond donors (Lipinski definition) is 2. The molecular formula is C16H24N4. The number of nitrogens with two attached hydrogens (primary N) is 1. The van der Waals surface area contributed by atoms with Crippen molar-refractivity contribution >= 4 is 0 Å². The fourth-order valence-corrected chi connectivity index (χ4v) is 2.66. The van der Waals surface area contributed by atoms with Gasteiger partial charge in [0.05, 0.1) is 11.7 Å². The van der Waals surface area contributed by atoms with E-state index in [0.29, 0.717) is 0 Å². The van der Waals surface area contributed by atoms with Crippen LogP contribution < -0.4 is 11.3 Å². The second-order valence-electron chi connectivity index (χ2n) is 5.31. The predicted molar refractivity (Wildman–Crippen MR) is 82.3 cm³/mol. The van der Waals surface area contributed by atoms with Gasteiger partial charge in [-0.2, -0.15) is 5.10 Å².